The zero-order valence-electron chi connectivity index (χ0n) is 6.46. The Morgan fingerprint density at radius 1 is 1.58 bits per heavy atom. The van der Waals surface area contributed by atoms with Crippen molar-refractivity contribution < 1.29 is 0 Å². The summed E-state index contributed by atoms with van der Waals surface area (Å²) < 4.78 is 1.10. The number of aliphatic imine (C=N–C) groups is 1. The second-order valence-electron chi connectivity index (χ2n) is 2.85. The monoisotopic (exact) mass is 244 g/mol. The molecule has 0 aliphatic heterocycles. The summed E-state index contributed by atoms with van der Waals surface area (Å²) in [5.41, 5.74) is 5.79. The SMILES string of the molecule is NC(=NC1CC1)c1ccc(Br)s1. The van der Waals surface area contributed by atoms with Crippen molar-refractivity contribution in [1.82, 2.24) is 0 Å². The summed E-state index contributed by atoms with van der Waals surface area (Å²) in [6.45, 7) is 0. The highest BCUT2D eigenvalue weighted by atomic mass is 79.9. The Hall–Kier alpha value is -0.350. The van der Waals surface area contributed by atoms with Gasteiger partial charge in [-0.2, -0.15) is 0 Å². The first-order valence-electron chi connectivity index (χ1n) is 3.84. The lowest BCUT2D eigenvalue weighted by molar-refractivity contribution is 1.06. The van der Waals surface area contributed by atoms with Gasteiger partial charge in [0, 0.05) is 0 Å². The van der Waals surface area contributed by atoms with E-state index < -0.39 is 0 Å². The fourth-order valence-electron chi connectivity index (χ4n) is 0.916. The topological polar surface area (TPSA) is 38.4 Å². The van der Waals surface area contributed by atoms with Gasteiger partial charge in [0.05, 0.1) is 14.7 Å². The molecule has 1 aliphatic carbocycles. The van der Waals surface area contributed by atoms with E-state index in [1.165, 1.54) is 12.8 Å². The average Bonchev–Trinajstić information content (AvgIpc) is 2.72. The Bertz CT molecular complexity index is 315. The number of hydrogen-bond donors (Lipinski definition) is 1. The molecule has 0 saturated heterocycles. The predicted octanol–water partition coefficient (Wildman–Crippen LogP) is 2.38. The first-order valence-corrected chi connectivity index (χ1v) is 5.45. The van der Waals surface area contributed by atoms with E-state index in [1.54, 1.807) is 11.3 Å². The fourth-order valence-corrected chi connectivity index (χ4v) is 2.21. The molecule has 0 radical (unpaired) electrons. The van der Waals surface area contributed by atoms with Crippen molar-refractivity contribution in [2.75, 3.05) is 0 Å². The van der Waals surface area contributed by atoms with Gasteiger partial charge in [-0.1, -0.05) is 0 Å². The molecule has 1 aromatic heterocycles. The van der Waals surface area contributed by atoms with Crippen molar-refractivity contribution in [3.05, 3.63) is 20.8 Å². The van der Waals surface area contributed by atoms with Gasteiger partial charge >= 0.3 is 0 Å². The van der Waals surface area contributed by atoms with E-state index in [0.717, 1.165) is 8.66 Å². The van der Waals surface area contributed by atoms with Gasteiger partial charge in [-0.3, -0.25) is 4.99 Å². The molecule has 0 atom stereocenters. The molecule has 0 unspecified atom stereocenters. The molecule has 4 heteroatoms. The molecule has 1 heterocycles. The summed E-state index contributed by atoms with van der Waals surface area (Å²) in [4.78, 5) is 5.42. The summed E-state index contributed by atoms with van der Waals surface area (Å²) in [7, 11) is 0. The summed E-state index contributed by atoms with van der Waals surface area (Å²) in [6, 6.07) is 4.50. The van der Waals surface area contributed by atoms with Crippen molar-refractivity contribution >= 4 is 33.1 Å². The first-order chi connectivity index (χ1) is 5.75. The van der Waals surface area contributed by atoms with Gasteiger partial charge in [0.25, 0.3) is 0 Å². The molecule has 0 aromatic carbocycles. The molecule has 2 N–H and O–H groups in total. The summed E-state index contributed by atoms with van der Waals surface area (Å²) in [6.07, 6.45) is 2.40. The molecule has 1 aromatic rings. The molecule has 1 saturated carbocycles. The lowest BCUT2D eigenvalue weighted by Gasteiger charge is -1.93. The van der Waals surface area contributed by atoms with Gasteiger partial charge in [0.15, 0.2) is 0 Å². The van der Waals surface area contributed by atoms with Gasteiger partial charge in [0.1, 0.15) is 5.84 Å². The Labute approximate surface area is 83.6 Å². The molecule has 1 fully saturated rings. The number of nitrogens with zero attached hydrogens (tertiary/aromatic N) is 1. The third-order valence-electron chi connectivity index (χ3n) is 1.69. The van der Waals surface area contributed by atoms with Gasteiger partial charge in [-0.05, 0) is 40.9 Å². The lowest BCUT2D eigenvalue weighted by atomic mass is 10.4. The van der Waals surface area contributed by atoms with Crippen molar-refractivity contribution in [1.29, 1.82) is 0 Å². The van der Waals surface area contributed by atoms with Crippen LogP contribution in [0.25, 0.3) is 0 Å². The standard InChI is InChI=1S/C8H9BrN2S/c9-7-4-3-6(12-7)8(10)11-5-1-2-5/h3-5H,1-2H2,(H2,10,11). The molecule has 0 spiro atoms. The minimum atomic E-state index is 0.505. The molecular weight excluding hydrogens is 236 g/mol. The summed E-state index contributed by atoms with van der Waals surface area (Å²) >= 11 is 5.02. The Balaban J connectivity index is 2.17. The van der Waals surface area contributed by atoms with E-state index in [-0.39, 0.29) is 0 Å². The van der Waals surface area contributed by atoms with Crippen LogP contribution in [-0.4, -0.2) is 11.9 Å². The summed E-state index contributed by atoms with van der Waals surface area (Å²) in [5, 5.41) is 0. The molecule has 2 rings (SSSR count). The minimum Gasteiger partial charge on any atom is -0.383 e. The molecule has 64 valence electrons. The van der Waals surface area contributed by atoms with Crippen molar-refractivity contribution in [2.45, 2.75) is 18.9 Å². The quantitative estimate of drug-likeness (QED) is 0.630. The van der Waals surface area contributed by atoms with Gasteiger partial charge in [-0.25, -0.2) is 0 Å². The van der Waals surface area contributed by atoms with Crippen molar-refractivity contribution in [3.63, 3.8) is 0 Å². The molecular formula is C8H9BrN2S. The highest BCUT2D eigenvalue weighted by molar-refractivity contribution is 9.11. The largest absolute Gasteiger partial charge is 0.383 e. The highest BCUT2D eigenvalue weighted by Crippen LogP contribution is 2.26. The fraction of sp³-hybridized carbons (Fsp3) is 0.375. The summed E-state index contributed by atoms with van der Waals surface area (Å²) in [5.74, 6) is 0.688. The third-order valence-corrected chi connectivity index (χ3v) is 3.34. The maximum atomic E-state index is 5.79. The van der Waals surface area contributed by atoms with Crippen LogP contribution in [0, 0.1) is 0 Å². The van der Waals surface area contributed by atoms with Crippen LogP contribution in [0.5, 0.6) is 0 Å². The Kier molecular flexibility index (Phi) is 2.19. The second kappa shape index (κ2) is 3.18. The predicted molar refractivity (Wildman–Crippen MR) is 55.8 cm³/mol. The van der Waals surface area contributed by atoms with Gasteiger partial charge < -0.3 is 5.73 Å². The number of amidine groups is 1. The first kappa shape index (κ1) is 8.26. The molecule has 12 heavy (non-hydrogen) atoms. The van der Waals surface area contributed by atoms with E-state index in [1.807, 2.05) is 12.1 Å². The molecule has 0 bridgehead atoms. The molecule has 0 amide bonds. The number of halogens is 1. The number of rotatable bonds is 2. The van der Waals surface area contributed by atoms with Crippen LogP contribution < -0.4 is 5.73 Å². The van der Waals surface area contributed by atoms with E-state index in [9.17, 15) is 0 Å². The number of nitrogens with two attached hydrogens (primary N) is 1. The van der Waals surface area contributed by atoms with E-state index in [2.05, 4.69) is 20.9 Å². The maximum absolute atomic E-state index is 5.79. The normalized spacial score (nSPS) is 18.2. The van der Waals surface area contributed by atoms with E-state index in [4.69, 9.17) is 5.73 Å². The van der Waals surface area contributed by atoms with Crippen LogP contribution in [0.2, 0.25) is 0 Å². The van der Waals surface area contributed by atoms with Gasteiger partial charge in [-0.15, -0.1) is 11.3 Å². The zero-order valence-corrected chi connectivity index (χ0v) is 8.86. The second-order valence-corrected chi connectivity index (χ2v) is 5.31. The molecule has 2 nitrogen and oxygen atoms in total. The van der Waals surface area contributed by atoms with Crippen LogP contribution in [0.4, 0.5) is 0 Å². The third kappa shape index (κ3) is 1.87. The highest BCUT2D eigenvalue weighted by Gasteiger charge is 2.20. The maximum Gasteiger partial charge on any atom is 0.136 e. The van der Waals surface area contributed by atoms with E-state index in [0.29, 0.717) is 11.9 Å². The Morgan fingerprint density at radius 3 is 2.83 bits per heavy atom. The van der Waals surface area contributed by atoms with Crippen LogP contribution in [-0.2, 0) is 0 Å². The number of thiophene rings is 1. The molecule has 1 aliphatic rings. The van der Waals surface area contributed by atoms with Gasteiger partial charge in [0.2, 0.25) is 0 Å². The Morgan fingerprint density at radius 2 is 2.33 bits per heavy atom. The minimum absolute atomic E-state index is 0.505. The lowest BCUT2D eigenvalue weighted by Crippen LogP contribution is -2.12. The number of hydrogen-bond acceptors (Lipinski definition) is 2. The van der Waals surface area contributed by atoms with Crippen LogP contribution >= 0.6 is 27.3 Å². The smallest absolute Gasteiger partial charge is 0.136 e. The van der Waals surface area contributed by atoms with E-state index >= 15 is 0 Å². The zero-order chi connectivity index (χ0) is 8.55. The van der Waals surface area contributed by atoms with Crippen molar-refractivity contribution in [3.8, 4) is 0 Å². The van der Waals surface area contributed by atoms with Crippen LogP contribution in [0.15, 0.2) is 20.9 Å². The van der Waals surface area contributed by atoms with Crippen molar-refractivity contribution in [2.24, 2.45) is 10.7 Å². The van der Waals surface area contributed by atoms with Crippen LogP contribution in [0.3, 0.4) is 0 Å². The van der Waals surface area contributed by atoms with Crippen LogP contribution in [0.1, 0.15) is 17.7 Å². The average molecular weight is 245 g/mol.